The van der Waals surface area contributed by atoms with Gasteiger partial charge in [0, 0.05) is 17.2 Å². The van der Waals surface area contributed by atoms with Crippen LogP contribution >= 0.6 is 0 Å². The maximum Gasteiger partial charge on any atom is 0.249 e. The lowest BCUT2D eigenvalue weighted by atomic mass is 9.94. The van der Waals surface area contributed by atoms with Gasteiger partial charge in [-0.2, -0.15) is 0 Å². The van der Waals surface area contributed by atoms with Crippen LogP contribution in [0.15, 0.2) is 30.3 Å². The first-order chi connectivity index (χ1) is 12.5. The van der Waals surface area contributed by atoms with E-state index in [1.165, 1.54) is 5.56 Å². The normalized spacial score (nSPS) is 19.1. The zero-order chi connectivity index (χ0) is 18.4. The Hall–Kier alpha value is -2.89. The van der Waals surface area contributed by atoms with Crippen LogP contribution in [0.2, 0.25) is 0 Å². The molecule has 3 heterocycles. The van der Waals surface area contributed by atoms with E-state index in [0.717, 1.165) is 22.7 Å². The van der Waals surface area contributed by atoms with Crippen LogP contribution in [-0.2, 0) is 9.59 Å². The highest BCUT2D eigenvalue weighted by molar-refractivity contribution is 6.10. The second-order valence-corrected chi connectivity index (χ2v) is 6.99. The van der Waals surface area contributed by atoms with Gasteiger partial charge in [0.05, 0.1) is 5.52 Å². The molecule has 2 amide bonds. The topological polar surface area (TPSA) is 90.0 Å². The number of carbonyl (C=O) groups excluding carboxylic acids is 2. The summed E-state index contributed by atoms with van der Waals surface area (Å²) in [4.78, 5) is 28.7. The van der Waals surface area contributed by atoms with Crippen molar-refractivity contribution in [1.82, 2.24) is 14.9 Å². The first-order valence-electron chi connectivity index (χ1n) is 9.04. The molecule has 0 saturated carbocycles. The molecule has 1 aliphatic heterocycles. The zero-order valence-corrected chi connectivity index (χ0v) is 15.0. The van der Waals surface area contributed by atoms with Crippen LogP contribution in [0, 0.1) is 0 Å². The molecule has 0 aliphatic carbocycles. The van der Waals surface area contributed by atoms with Gasteiger partial charge in [-0.05, 0) is 42.5 Å². The minimum Gasteiger partial charge on any atom is -0.384 e. The Kier molecular flexibility index (Phi) is 3.90. The highest BCUT2D eigenvalue weighted by Gasteiger charge is 2.31. The maximum atomic E-state index is 12.5. The monoisotopic (exact) mass is 350 g/mol. The van der Waals surface area contributed by atoms with E-state index in [1.54, 1.807) is 6.07 Å². The summed E-state index contributed by atoms with van der Waals surface area (Å²) >= 11 is 0. The number of fused-ring (bicyclic) bond motifs is 3. The Bertz CT molecular complexity index is 1040. The van der Waals surface area contributed by atoms with E-state index in [9.17, 15) is 9.59 Å². The Labute approximate surface area is 151 Å². The molecule has 6 nitrogen and oxygen atoms in total. The third-order valence-electron chi connectivity index (χ3n) is 5.39. The summed E-state index contributed by atoms with van der Waals surface area (Å²) in [6.45, 7) is 4.37. The van der Waals surface area contributed by atoms with Crippen LogP contribution in [0.25, 0.3) is 21.9 Å². The smallest absolute Gasteiger partial charge is 0.249 e. The number of rotatable bonds is 3. The van der Waals surface area contributed by atoms with Crippen molar-refractivity contribution in [2.45, 2.75) is 45.1 Å². The van der Waals surface area contributed by atoms with Crippen LogP contribution in [0.5, 0.6) is 0 Å². The number of imide groups is 1. The number of benzene rings is 1. The highest BCUT2D eigenvalue weighted by atomic mass is 16.2. The van der Waals surface area contributed by atoms with Crippen molar-refractivity contribution in [3.05, 3.63) is 35.9 Å². The van der Waals surface area contributed by atoms with Gasteiger partial charge < -0.3 is 10.3 Å². The lowest BCUT2D eigenvalue weighted by Gasteiger charge is -2.23. The molecular weight excluding hydrogens is 328 g/mol. The number of pyridine rings is 1. The van der Waals surface area contributed by atoms with Crippen LogP contribution < -0.4 is 11.1 Å². The van der Waals surface area contributed by atoms with Gasteiger partial charge in [0.1, 0.15) is 17.5 Å². The number of nitrogens with two attached hydrogens (primary N) is 1. The van der Waals surface area contributed by atoms with Crippen LogP contribution in [-0.4, -0.2) is 21.4 Å². The molecule has 2 unspecified atom stereocenters. The number of nitrogens with one attached hydrogen (secondary N) is 1. The summed E-state index contributed by atoms with van der Waals surface area (Å²) in [5.74, 6) is 0.300. The number of aromatic nitrogens is 2. The summed E-state index contributed by atoms with van der Waals surface area (Å²) in [5.41, 5.74) is 8.85. The lowest BCUT2D eigenvalue weighted by molar-refractivity contribution is -0.135. The highest BCUT2D eigenvalue weighted by Crippen LogP contribution is 2.38. The van der Waals surface area contributed by atoms with Crippen molar-refractivity contribution in [3.8, 4) is 0 Å². The maximum absolute atomic E-state index is 12.5. The number of nitrogens with zero attached hydrogens (tertiary/aromatic N) is 2. The third kappa shape index (κ3) is 2.44. The molecule has 0 spiro atoms. The second kappa shape index (κ2) is 6.12. The average molecular weight is 350 g/mol. The Balaban J connectivity index is 2.06. The van der Waals surface area contributed by atoms with Crippen molar-refractivity contribution in [3.63, 3.8) is 0 Å². The molecule has 4 rings (SSSR count). The summed E-state index contributed by atoms with van der Waals surface area (Å²) in [6.07, 6.45) is 1.81. The number of hydrogen-bond donors (Lipinski definition) is 2. The average Bonchev–Trinajstić information content (AvgIpc) is 2.94. The van der Waals surface area contributed by atoms with Gasteiger partial charge in [0.25, 0.3) is 0 Å². The van der Waals surface area contributed by atoms with Crippen LogP contribution in [0.3, 0.4) is 0 Å². The van der Waals surface area contributed by atoms with Gasteiger partial charge in [0.15, 0.2) is 0 Å². The summed E-state index contributed by atoms with van der Waals surface area (Å²) in [5, 5.41) is 4.57. The molecule has 6 heteroatoms. The predicted octanol–water partition coefficient (Wildman–Crippen LogP) is 3.26. The Morgan fingerprint density at radius 1 is 1.31 bits per heavy atom. The molecule has 26 heavy (non-hydrogen) atoms. The van der Waals surface area contributed by atoms with Gasteiger partial charge >= 0.3 is 0 Å². The fourth-order valence-electron chi connectivity index (χ4n) is 3.88. The van der Waals surface area contributed by atoms with Gasteiger partial charge in [-0.15, -0.1) is 0 Å². The van der Waals surface area contributed by atoms with E-state index >= 15 is 0 Å². The van der Waals surface area contributed by atoms with E-state index in [1.807, 2.05) is 22.8 Å². The van der Waals surface area contributed by atoms with Gasteiger partial charge in [0.2, 0.25) is 11.8 Å². The van der Waals surface area contributed by atoms with Gasteiger partial charge in [-0.25, -0.2) is 4.98 Å². The molecule has 1 saturated heterocycles. The van der Waals surface area contributed by atoms with E-state index < -0.39 is 6.04 Å². The van der Waals surface area contributed by atoms with Crippen LogP contribution in [0.1, 0.15) is 50.6 Å². The summed E-state index contributed by atoms with van der Waals surface area (Å²) in [7, 11) is 0. The van der Waals surface area contributed by atoms with E-state index in [2.05, 4.69) is 30.2 Å². The van der Waals surface area contributed by atoms with Gasteiger partial charge in [-0.3, -0.25) is 14.9 Å². The number of carbonyl (C=O) groups is 2. The molecule has 1 fully saturated rings. The quantitative estimate of drug-likeness (QED) is 0.710. The molecule has 3 N–H and O–H groups in total. The van der Waals surface area contributed by atoms with Crippen molar-refractivity contribution in [2.75, 3.05) is 5.73 Å². The largest absolute Gasteiger partial charge is 0.384 e. The Morgan fingerprint density at radius 2 is 2.12 bits per heavy atom. The van der Waals surface area contributed by atoms with Crippen LogP contribution in [0.4, 0.5) is 5.82 Å². The third-order valence-corrected chi connectivity index (χ3v) is 5.39. The van der Waals surface area contributed by atoms with Crippen molar-refractivity contribution in [1.29, 1.82) is 0 Å². The van der Waals surface area contributed by atoms with Crippen molar-refractivity contribution in [2.24, 2.45) is 0 Å². The van der Waals surface area contributed by atoms with E-state index in [4.69, 9.17) is 5.73 Å². The number of amides is 2. The number of nitrogen functional groups attached to an aromatic ring is 1. The molecule has 0 bridgehead atoms. The lowest BCUT2D eigenvalue weighted by Crippen LogP contribution is -2.41. The summed E-state index contributed by atoms with van der Waals surface area (Å²) in [6, 6.07) is 9.49. The molecule has 2 aromatic heterocycles. The fourth-order valence-corrected chi connectivity index (χ4v) is 3.88. The van der Waals surface area contributed by atoms with E-state index in [-0.39, 0.29) is 11.8 Å². The van der Waals surface area contributed by atoms with E-state index in [0.29, 0.717) is 30.2 Å². The number of anilines is 1. The molecular formula is C20H22N4O2. The fraction of sp³-hybridized carbons (Fsp3) is 0.350. The first-order valence-corrected chi connectivity index (χ1v) is 9.04. The minimum absolute atomic E-state index is 0.222. The second-order valence-electron chi connectivity index (χ2n) is 6.99. The zero-order valence-electron chi connectivity index (χ0n) is 15.0. The molecule has 134 valence electrons. The molecule has 0 radical (unpaired) electrons. The van der Waals surface area contributed by atoms with Crippen molar-refractivity contribution < 1.29 is 9.59 Å². The minimum atomic E-state index is -0.464. The number of piperidine rings is 1. The van der Waals surface area contributed by atoms with Gasteiger partial charge in [-0.1, -0.05) is 26.0 Å². The summed E-state index contributed by atoms with van der Waals surface area (Å²) < 4.78 is 1.95. The number of hydrogen-bond acceptors (Lipinski definition) is 4. The standard InChI is InChI=1S/C20H22N4O2/c1-3-11(2)12-5-4-6-14-18(12)13-7-9-16(21)22-19(13)24(14)15-8-10-17(25)23-20(15)26/h4-7,9,11,15H,3,8,10H2,1-2H3,(H2,21,22)(H,23,25,26). The Morgan fingerprint density at radius 3 is 2.85 bits per heavy atom. The first kappa shape index (κ1) is 16.6. The SMILES string of the molecule is CCC(C)c1cccc2c1c1ccc(N)nc1n2C1CCC(=O)NC1=O. The molecule has 3 aromatic rings. The molecule has 1 aromatic carbocycles. The molecule has 2 atom stereocenters. The molecule has 1 aliphatic rings. The predicted molar refractivity (Wildman–Crippen MR) is 102 cm³/mol. The van der Waals surface area contributed by atoms with Crippen molar-refractivity contribution >= 4 is 39.6 Å².